The van der Waals surface area contributed by atoms with Crippen LogP contribution in [-0.4, -0.2) is 38.2 Å². The molecule has 1 saturated heterocycles. The minimum absolute atomic E-state index is 0.692. The summed E-state index contributed by atoms with van der Waals surface area (Å²) in [5.74, 6) is 0.979. The molecule has 1 aliphatic heterocycles. The summed E-state index contributed by atoms with van der Waals surface area (Å²) in [4.78, 5) is 2.58. The largest absolute Gasteiger partial charge is 0.496 e. The first-order valence-electron chi connectivity index (χ1n) is 6.76. The molecule has 0 bridgehead atoms. The third-order valence-corrected chi connectivity index (χ3v) is 3.78. The SMILES string of the molecule is CNCC1CCCN1Cc1ccc(OC)c(C)c1. The number of benzene rings is 1. The Balaban J connectivity index is 2.02. The Morgan fingerprint density at radius 3 is 2.94 bits per heavy atom. The zero-order valence-corrected chi connectivity index (χ0v) is 11.7. The van der Waals surface area contributed by atoms with Crippen molar-refractivity contribution in [1.29, 1.82) is 0 Å². The van der Waals surface area contributed by atoms with Crippen LogP contribution in [0.5, 0.6) is 5.75 Å². The molecule has 1 atom stereocenters. The van der Waals surface area contributed by atoms with Gasteiger partial charge in [0.25, 0.3) is 0 Å². The maximum Gasteiger partial charge on any atom is 0.121 e. The molecule has 0 aromatic heterocycles. The zero-order chi connectivity index (χ0) is 13.0. The van der Waals surface area contributed by atoms with Gasteiger partial charge < -0.3 is 10.1 Å². The fourth-order valence-corrected chi connectivity index (χ4v) is 2.84. The smallest absolute Gasteiger partial charge is 0.121 e. The number of likely N-dealkylation sites (tertiary alicyclic amines) is 1. The van der Waals surface area contributed by atoms with Crippen LogP contribution in [0.1, 0.15) is 24.0 Å². The summed E-state index contributed by atoms with van der Waals surface area (Å²) in [7, 11) is 3.76. The third-order valence-electron chi connectivity index (χ3n) is 3.78. The van der Waals surface area contributed by atoms with E-state index < -0.39 is 0 Å². The van der Waals surface area contributed by atoms with Gasteiger partial charge in [-0.15, -0.1) is 0 Å². The third kappa shape index (κ3) is 3.03. The average Bonchev–Trinajstić information content (AvgIpc) is 2.78. The fourth-order valence-electron chi connectivity index (χ4n) is 2.84. The first-order chi connectivity index (χ1) is 8.74. The lowest BCUT2D eigenvalue weighted by atomic mass is 10.1. The second kappa shape index (κ2) is 6.21. The average molecular weight is 248 g/mol. The monoisotopic (exact) mass is 248 g/mol. The van der Waals surface area contributed by atoms with Gasteiger partial charge in [0.1, 0.15) is 5.75 Å². The highest BCUT2D eigenvalue weighted by Gasteiger charge is 2.23. The fraction of sp³-hybridized carbons (Fsp3) is 0.600. The first-order valence-corrected chi connectivity index (χ1v) is 6.76. The molecular weight excluding hydrogens is 224 g/mol. The molecule has 1 aromatic carbocycles. The van der Waals surface area contributed by atoms with E-state index in [2.05, 4.69) is 35.3 Å². The van der Waals surface area contributed by atoms with Gasteiger partial charge in [-0.3, -0.25) is 4.90 Å². The molecule has 1 aromatic rings. The van der Waals surface area contributed by atoms with Crippen LogP contribution in [0, 0.1) is 6.92 Å². The van der Waals surface area contributed by atoms with Gasteiger partial charge in [0.15, 0.2) is 0 Å². The number of ether oxygens (including phenoxy) is 1. The molecule has 1 unspecified atom stereocenters. The number of hydrogen-bond acceptors (Lipinski definition) is 3. The van der Waals surface area contributed by atoms with E-state index >= 15 is 0 Å². The molecule has 0 spiro atoms. The van der Waals surface area contributed by atoms with Crippen molar-refractivity contribution in [3.05, 3.63) is 29.3 Å². The molecular formula is C15H24N2O. The van der Waals surface area contributed by atoms with Gasteiger partial charge in [-0.05, 0) is 50.6 Å². The van der Waals surface area contributed by atoms with Crippen LogP contribution in [0.4, 0.5) is 0 Å². The van der Waals surface area contributed by atoms with Crippen molar-refractivity contribution in [3.63, 3.8) is 0 Å². The molecule has 0 amide bonds. The molecule has 3 heteroatoms. The second-order valence-corrected chi connectivity index (χ2v) is 5.13. The lowest BCUT2D eigenvalue weighted by Crippen LogP contribution is -2.36. The van der Waals surface area contributed by atoms with E-state index in [4.69, 9.17) is 4.74 Å². The Bertz CT molecular complexity index is 392. The maximum atomic E-state index is 5.31. The highest BCUT2D eigenvalue weighted by molar-refractivity contribution is 5.36. The lowest BCUT2D eigenvalue weighted by Gasteiger charge is -2.24. The van der Waals surface area contributed by atoms with E-state index in [9.17, 15) is 0 Å². The summed E-state index contributed by atoms with van der Waals surface area (Å²) in [6.07, 6.45) is 2.64. The summed E-state index contributed by atoms with van der Waals surface area (Å²) in [6, 6.07) is 7.19. The van der Waals surface area contributed by atoms with Gasteiger partial charge in [0.05, 0.1) is 7.11 Å². The minimum Gasteiger partial charge on any atom is -0.496 e. The molecule has 1 N–H and O–H groups in total. The quantitative estimate of drug-likeness (QED) is 0.864. The van der Waals surface area contributed by atoms with E-state index in [1.807, 2.05) is 7.05 Å². The van der Waals surface area contributed by atoms with Crippen molar-refractivity contribution in [1.82, 2.24) is 10.2 Å². The van der Waals surface area contributed by atoms with Crippen LogP contribution >= 0.6 is 0 Å². The zero-order valence-electron chi connectivity index (χ0n) is 11.7. The van der Waals surface area contributed by atoms with Gasteiger partial charge in [-0.1, -0.05) is 12.1 Å². The predicted octanol–water partition coefficient (Wildman–Crippen LogP) is 2.19. The van der Waals surface area contributed by atoms with Crippen molar-refractivity contribution >= 4 is 0 Å². The molecule has 1 aliphatic rings. The number of nitrogens with zero attached hydrogens (tertiary/aromatic N) is 1. The number of rotatable bonds is 5. The van der Waals surface area contributed by atoms with E-state index in [0.29, 0.717) is 6.04 Å². The van der Waals surface area contributed by atoms with Crippen LogP contribution in [0.25, 0.3) is 0 Å². The molecule has 0 aliphatic carbocycles. The molecule has 1 heterocycles. The van der Waals surface area contributed by atoms with Crippen LogP contribution in [0.2, 0.25) is 0 Å². The number of aryl methyl sites for hydroxylation is 1. The van der Waals surface area contributed by atoms with Gasteiger partial charge in [-0.2, -0.15) is 0 Å². The van der Waals surface area contributed by atoms with Crippen molar-refractivity contribution in [2.24, 2.45) is 0 Å². The van der Waals surface area contributed by atoms with E-state index in [-0.39, 0.29) is 0 Å². The Morgan fingerprint density at radius 1 is 1.44 bits per heavy atom. The maximum absolute atomic E-state index is 5.31. The van der Waals surface area contributed by atoms with Crippen molar-refractivity contribution in [2.75, 3.05) is 27.2 Å². The summed E-state index contributed by atoms with van der Waals surface area (Å²) < 4.78 is 5.31. The number of methoxy groups -OCH3 is 1. The Labute approximate surface area is 110 Å². The van der Waals surface area contributed by atoms with Crippen LogP contribution in [-0.2, 0) is 6.54 Å². The van der Waals surface area contributed by atoms with E-state index in [1.54, 1.807) is 7.11 Å². The van der Waals surface area contributed by atoms with Crippen LogP contribution in [0.3, 0.4) is 0 Å². The molecule has 18 heavy (non-hydrogen) atoms. The van der Waals surface area contributed by atoms with Gasteiger partial charge in [0.2, 0.25) is 0 Å². The Morgan fingerprint density at radius 2 is 2.28 bits per heavy atom. The standard InChI is InChI=1S/C15H24N2O/c1-12-9-13(6-7-15(12)18-3)11-17-8-4-5-14(17)10-16-2/h6-7,9,14,16H,4-5,8,10-11H2,1-3H3. The molecule has 0 radical (unpaired) electrons. The van der Waals surface area contributed by atoms with Crippen molar-refractivity contribution < 1.29 is 4.74 Å². The molecule has 0 saturated carbocycles. The molecule has 3 nitrogen and oxygen atoms in total. The van der Waals surface area contributed by atoms with E-state index in [0.717, 1.165) is 18.8 Å². The highest BCUT2D eigenvalue weighted by atomic mass is 16.5. The van der Waals surface area contributed by atoms with Gasteiger partial charge in [-0.25, -0.2) is 0 Å². The molecule has 100 valence electrons. The topological polar surface area (TPSA) is 24.5 Å². The molecule has 1 fully saturated rings. The van der Waals surface area contributed by atoms with Crippen LogP contribution < -0.4 is 10.1 Å². The minimum atomic E-state index is 0.692. The van der Waals surface area contributed by atoms with E-state index in [1.165, 1.54) is 30.5 Å². The van der Waals surface area contributed by atoms with Crippen molar-refractivity contribution in [2.45, 2.75) is 32.4 Å². The number of nitrogens with one attached hydrogen (secondary N) is 1. The second-order valence-electron chi connectivity index (χ2n) is 5.13. The van der Waals surface area contributed by atoms with Crippen molar-refractivity contribution in [3.8, 4) is 5.75 Å². The van der Waals surface area contributed by atoms with Gasteiger partial charge in [0, 0.05) is 19.1 Å². The number of hydrogen-bond donors (Lipinski definition) is 1. The van der Waals surface area contributed by atoms with Gasteiger partial charge >= 0.3 is 0 Å². The summed E-state index contributed by atoms with van der Waals surface area (Å²) >= 11 is 0. The first kappa shape index (κ1) is 13.4. The summed E-state index contributed by atoms with van der Waals surface area (Å²) in [5.41, 5.74) is 2.61. The van der Waals surface area contributed by atoms with Crippen LogP contribution in [0.15, 0.2) is 18.2 Å². The highest BCUT2D eigenvalue weighted by Crippen LogP contribution is 2.23. The summed E-state index contributed by atoms with van der Waals surface area (Å²) in [5, 5.41) is 3.29. The summed E-state index contributed by atoms with van der Waals surface area (Å²) in [6.45, 7) is 5.47. The lowest BCUT2D eigenvalue weighted by molar-refractivity contribution is 0.242. The normalized spacial score (nSPS) is 20.3. The predicted molar refractivity (Wildman–Crippen MR) is 75.1 cm³/mol. The Hall–Kier alpha value is -1.06. The number of likely N-dealkylation sites (N-methyl/N-ethyl adjacent to an activating group) is 1. The molecule has 2 rings (SSSR count). The Kier molecular flexibility index (Phi) is 4.61.